The van der Waals surface area contributed by atoms with Crippen molar-refractivity contribution in [2.75, 3.05) is 5.32 Å². The van der Waals surface area contributed by atoms with Crippen LogP contribution in [0.25, 0.3) is 0 Å². The summed E-state index contributed by atoms with van der Waals surface area (Å²) in [6.07, 6.45) is 1.57. The van der Waals surface area contributed by atoms with Gasteiger partial charge in [-0.2, -0.15) is 0 Å². The molecule has 1 atom stereocenters. The molecule has 2 rings (SSSR count). The van der Waals surface area contributed by atoms with E-state index in [9.17, 15) is 8.78 Å². The van der Waals surface area contributed by atoms with Crippen molar-refractivity contribution in [3.05, 3.63) is 57.3 Å². The SMILES string of the molecule is CC(Nc1cc(Br)cnc1Cl)c1ccc(F)cc1F. The van der Waals surface area contributed by atoms with Crippen LogP contribution in [0.15, 0.2) is 34.9 Å². The minimum Gasteiger partial charge on any atom is -0.376 e. The second kappa shape index (κ2) is 5.84. The maximum Gasteiger partial charge on any atom is 0.152 e. The lowest BCUT2D eigenvalue weighted by Gasteiger charge is -2.17. The van der Waals surface area contributed by atoms with Gasteiger partial charge in [0.25, 0.3) is 0 Å². The molecular formula is C13H10BrClF2N2. The first-order valence-corrected chi connectivity index (χ1v) is 6.67. The second-order valence-electron chi connectivity index (χ2n) is 4.02. The van der Waals surface area contributed by atoms with Crippen molar-refractivity contribution in [1.29, 1.82) is 0 Å². The summed E-state index contributed by atoms with van der Waals surface area (Å²) >= 11 is 9.23. The van der Waals surface area contributed by atoms with Gasteiger partial charge in [0.2, 0.25) is 0 Å². The van der Waals surface area contributed by atoms with Gasteiger partial charge in [0.05, 0.1) is 11.7 Å². The van der Waals surface area contributed by atoms with Crippen LogP contribution in [0.2, 0.25) is 5.15 Å². The van der Waals surface area contributed by atoms with Gasteiger partial charge in [-0.15, -0.1) is 0 Å². The molecule has 0 radical (unpaired) electrons. The van der Waals surface area contributed by atoms with Gasteiger partial charge < -0.3 is 5.32 Å². The molecule has 1 aromatic heterocycles. The van der Waals surface area contributed by atoms with Gasteiger partial charge >= 0.3 is 0 Å². The highest BCUT2D eigenvalue weighted by atomic mass is 79.9. The second-order valence-corrected chi connectivity index (χ2v) is 5.30. The molecule has 0 aliphatic heterocycles. The van der Waals surface area contributed by atoms with Crippen LogP contribution in [0, 0.1) is 11.6 Å². The molecule has 0 bridgehead atoms. The van der Waals surface area contributed by atoms with Gasteiger partial charge in [0.1, 0.15) is 11.6 Å². The standard InChI is InChI=1S/C13H10BrClF2N2/c1-7(10-3-2-9(16)5-11(10)17)19-12-4-8(14)6-18-13(12)15/h2-7,19H,1H3. The van der Waals surface area contributed by atoms with E-state index in [0.29, 0.717) is 11.3 Å². The zero-order chi connectivity index (χ0) is 14.0. The lowest BCUT2D eigenvalue weighted by Crippen LogP contribution is -2.09. The molecule has 19 heavy (non-hydrogen) atoms. The van der Waals surface area contributed by atoms with Crippen molar-refractivity contribution < 1.29 is 8.78 Å². The van der Waals surface area contributed by atoms with Crippen molar-refractivity contribution in [1.82, 2.24) is 4.98 Å². The zero-order valence-electron chi connectivity index (χ0n) is 9.92. The number of benzene rings is 1. The summed E-state index contributed by atoms with van der Waals surface area (Å²) in [6.45, 7) is 1.76. The molecule has 2 aromatic rings. The molecule has 0 saturated carbocycles. The molecular weight excluding hydrogens is 338 g/mol. The van der Waals surface area contributed by atoms with Crippen molar-refractivity contribution in [2.24, 2.45) is 0 Å². The number of rotatable bonds is 3. The first-order chi connectivity index (χ1) is 8.97. The smallest absolute Gasteiger partial charge is 0.152 e. The highest BCUT2D eigenvalue weighted by Crippen LogP contribution is 2.28. The molecule has 1 aromatic carbocycles. The van der Waals surface area contributed by atoms with Gasteiger partial charge in [-0.05, 0) is 35.0 Å². The van der Waals surface area contributed by atoms with E-state index in [0.717, 1.165) is 10.5 Å². The number of aromatic nitrogens is 1. The number of hydrogen-bond donors (Lipinski definition) is 1. The van der Waals surface area contributed by atoms with E-state index in [-0.39, 0.29) is 11.2 Å². The summed E-state index contributed by atoms with van der Waals surface area (Å²) in [6, 6.07) is 4.86. The fraction of sp³-hybridized carbons (Fsp3) is 0.154. The van der Waals surface area contributed by atoms with E-state index in [4.69, 9.17) is 11.6 Å². The molecule has 0 fully saturated rings. The van der Waals surface area contributed by atoms with Crippen LogP contribution in [-0.4, -0.2) is 4.98 Å². The monoisotopic (exact) mass is 346 g/mol. The molecule has 100 valence electrons. The predicted molar refractivity (Wildman–Crippen MR) is 75.3 cm³/mol. The summed E-state index contributed by atoms with van der Waals surface area (Å²) in [5.41, 5.74) is 0.935. The molecule has 0 aliphatic rings. The average molecular weight is 348 g/mol. The minimum absolute atomic E-state index is 0.289. The summed E-state index contributed by atoms with van der Waals surface area (Å²) in [5.74, 6) is -1.20. The Morgan fingerprint density at radius 2 is 2.05 bits per heavy atom. The fourth-order valence-corrected chi connectivity index (χ4v) is 2.18. The Labute approximate surface area is 122 Å². The van der Waals surface area contributed by atoms with E-state index in [1.54, 1.807) is 19.2 Å². The molecule has 0 saturated heterocycles. The summed E-state index contributed by atoms with van der Waals surface area (Å²) in [5, 5.41) is 3.33. The Morgan fingerprint density at radius 1 is 1.32 bits per heavy atom. The summed E-state index contributed by atoms with van der Waals surface area (Å²) in [4.78, 5) is 3.96. The lowest BCUT2D eigenvalue weighted by atomic mass is 10.1. The van der Waals surface area contributed by atoms with E-state index >= 15 is 0 Å². The third kappa shape index (κ3) is 3.42. The third-order valence-electron chi connectivity index (χ3n) is 2.61. The van der Waals surface area contributed by atoms with Gasteiger partial charge in [0.15, 0.2) is 5.15 Å². The first-order valence-electron chi connectivity index (χ1n) is 5.50. The van der Waals surface area contributed by atoms with Crippen LogP contribution in [0.4, 0.5) is 14.5 Å². The van der Waals surface area contributed by atoms with Gasteiger partial charge in [0, 0.05) is 22.3 Å². The quantitative estimate of drug-likeness (QED) is 0.795. The highest BCUT2D eigenvalue weighted by Gasteiger charge is 2.13. The minimum atomic E-state index is -0.601. The third-order valence-corrected chi connectivity index (χ3v) is 3.34. The Hall–Kier alpha value is -1.20. The predicted octanol–water partition coefficient (Wildman–Crippen LogP) is 4.95. The zero-order valence-corrected chi connectivity index (χ0v) is 12.3. The number of nitrogens with zero attached hydrogens (tertiary/aromatic N) is 1. The number of halogens is 4. The summed E-state index contributed by atoms with van der Waals surface area (Å²) in [7, 11) is 0. The number of pyridine rings is 1. The van der Waals surface area contributed by atoms with E-state index in [1.165, 1.54) is 12.1 Å². The fourth-order valence-electron chi connectivity index (χ4n) is 1.69. The number of anilines is 1. The van der Waals surface area contributed by atoms with E-state index in [1.807, 2.05) is 0 Å². The van der Waals surface area contributed by atoms with Crippen LogP contribution in [0.3, 0.4) is 0 Å². The molecule has 1 unspecified atom stereocenters. The van der Waals surface area contributed by atoms with Crippen molar-refractivity contribution in [3.8, 4) is 0 Å². The highest BCUT2D eigenvalue weighted by molar-refractivity contribution is 9.10. The van der Waals surface area contributed by atoms with E-state index in [2.05, 4.69) is 26.2 Å². The topological polar surface area (TPSA) is 24.9 Å². The van der Waals surface area contributed by atoms with Crippen LogP contribution in [0.1, 0.15) is 18.5 Å². The van der Waals surface area contributed by atoms with Crippen molar-refractivity contribution in [2.45, 2.75) is 13.0 Å². The Bertz CT molecular complexity index is 607. The summed E-state index contributed by atoms with van der Waals surface area (Å²) < 4.78 is 27.3. The average Bonchev–Trinajstić information content (AvgIpc) is 2.33. The van der Waals surface area contributed by atoms with Gasteiger partial charge in [-0.25, -0.2) is 13.8 Å². The Morgan fingerprint density at radius 3 is 2.74 bits per heavy atom. The largest absolute Gasteiger partial charge is 0.376 e. The Kier molecular flexibility index (Phi) is 4.37. The van der Waals surface area contributed by atoms with Crippen LogP contribution >= 0.6 is 27.5 Å². The van der Waals surface area contributed by atoms with Gasteiger partial charge in [-0.1, -0.05) is 17.7 Å². The molecule has 2 nitrogen and oxygen atoms in total. The molecule has 1 heterocycles. The molecule has 0 aliphatic carbocycles. The molecule has 0 spiro atoms. The Balaban J connectivity index is 2.25. The number of nitrogens with one attached hydrogen (secondary N) is 1. The maximum atomic E-state index is 13.6. The van der Waals surface area contributed by atoms with Crippen molar-refractivity contribution >= 4 is 33.2 Å². The van der Waals surface area contributed by atoms with Crippen LogP contribution < -0.4 is 5.32 Å². The molecule has 6 heteroatoms. The first kappa shape index (κ1) is 14.2. The lowest BCUT2D eigenvalue weighted by molar-refractivity contribution is 0.566. The normalized spacial score (nSPS) is 12.3. The maximum absolute atomic E-state index is 13.6. The van der Waals surface area contributed by atoms with Crippen molar-refractivity contribution in [3.63, 3.8) is 0 Å². The number of hydrogen-bond acceptors (Lipinski definition) is 2. The van der Waals surface area contributed by atoms with Gasteiger partial charge in [-0.3, -0.25) is 0 Å². The molecule has 0 amide bonds. The van der Waals surface area contributed by atoms with Crippen LogP contribution in [0.5, 0.6) is 0 Å². The van der Waals surface area contributed by atoms with Crippen LogP contribution in [-0.2, 0) is 0 Å². The van der Waals surface area contributed by atoms with E-state index < -0.39 is 11.6 Å². The molecule has 1 N–H and O–H groups in total.